The summed E-state index contributed by atoms with van der Waals surface area (Å²) >= 11 is 0. The third-order valence-corrected chi connectivity index (χ3v) is 4.72. The first-order valence-corrected chi connectivity index (χ1v) is 9.68. The second-order valence-electron chi connectivity index (χ2n) is 7.49. The van der Waals surface area contributed by atoms with E-state index >= 15 is 0 Å². The van der Waals surface area contributed by atoms with Crippen LogP contribution in [0.4, 0.5) is 15.8 Å². The maximum absolute atomic E-state index is 13.1. The van der Waals surface area contributed by atoms with Crippen molar-refractivity contribution in [2.45, 2.75) is 26.7 Å². The predicted molar refractivity (Wildman–Crippen MR) is 109 cm³/mol. The molecule has 2 N–H and O–H groups in total. The van der Waals surface area contributed by atoms with E-state index in [1.807, 2.05) is 19.9 Å². The topological polar surface area (TPSA) is 61.4 Å². The fraction of sp³-hybridized carbons (Fsp3) is 0.364. The van der Waals surface area contributed by atoms with Gasteiger partial charge in [0.1, 0.15) is 5.82 Å². The Morgan fingerprint density at radius 3 is 2.36 bits per heavy atom. The van der Waals surface area contributed by atoms with Gasteiger partial charge in [-0.3, -0.25) is 9.59 Å². The number of benzene rings is 2. The molecule has 148 valence electrons. The number of carbonyl (C=O) groups is 2. The molecule has 2 aromatic carbocycles. The zero-order chi connectivity index (χ0) is 20.1. The Kier molecular flexibility index (Phi) is 6.29. The summed E-state index contributed by atoms with van der Waals surface area (Å²) in [5, 5.41) is 5.76. The van der Waals surface area contributed by atoms with Crippen molar-refractivity contribution in [3.05, 3.63) is 59.4 Å². The van der Waals surface area contributed by atoms with Crippen molar-refractivity contribution >= 4 is 23.2 Å². The highest BCUT2D eigenvalue weighted by Crippen LogP contribution is 2.28. The third kappa shape index (κ3) is 4.88. The number of carbonyl (C=O) groups excluding carboxylic acids is 2. The Morgan fingerprint density at radius 2 is 1.71 bits per heavy atom. The van der Waals surface area contributed by atoms with Gasteiger partial charge in [-0.2, -0.15) is 0 Å². The zero-order valence-electron chi connectivity index (χ0n) is 16.3. The van der Waals surface area contributed by atoms with E-state index in [0.717, 1.165) is 31.6 Å². The van der Waals surface area contributed by atoms with Crippen LogP contribution < -0.4 is 15.5 Å². The summed E-state index contributed by atoms with van der Waals surface area (Å²) in [7, 11) is 0. The molecule has 6 heteroatoms. The molecular weight excluding hydrogens is 357 g/mol. The SMILES string of the molecule is CC(C)CNC(=O)c1cc(NC(=O)c2ccc(F)cc2)ccc1N1CCCC1. The molecule has 0 atom stereocenters. The van der Waals surface area contributed by atoms with E-state index in [1.54, 1.807) is 12.1 Å². The minimum absolute atomic E-state index is 0.145. The molecule has 0 aromatic heterocycles. The first-order chi connectivity index (χ1) is 13.4. The van der Waals surface area contributed by atoms with Gasteiger partial charge in [-0.15, -0.1) is 0 Å². The van der Waals surface area contributed by atoms with E-state index in [9.17, 15) is 14.0 Å². The highest BCUT2D eigenvalue weighted by molar-refractivity contribution is 6.06. The Labute approximate surface area is 164 Å². The van der Waals surface area contributed by atoms with Crippen molar-refractivity contribution in [3.8, 4) is 0 Å². The van der Waals surface area contributed by atoms with Crippen LogP contribution in [0.15, 0.2) is 42.5 Å². The molecule has 1 fully saturated rings. The van der Waals surface area contributed by atoms with Gasteiger partial charge < -0.3 is 15.5 Å². The lowest BCUT2D eigenvalue weighted by molar-refractivity contribution is 0.0948. The maximum atomic E-state index is 13.1. The molecule has 1 aliphatic heterocycles. The smallest absolute Gasteiger partial charge is 0.255 e. The molecule has 0 saturated carbocycles. The second kappa shape index (κ2) is 8.87. The molecule has 1 saturated heterocycles. The van der Waals surface area contributed by atoms with Crippen molar-refractivity contribution in [1.82, 2.24) is 5.32 Å². The van der Waals surface area contributed by atoms with Gasteiger partial charge in [0.2, 0.25) is 0 Å². The van der Waals surface area contributed by atoms with E-state index in [2.05, 4.69) is 15.5 Å². The number of nitrogens with zero attached hydrogens (tertiary/aromatic N) is 1. The van der Waals surface area contributed by atoms with Crippen LogP contribution in [0.1, 0.15) is 47.4 Å². The fourth-order valence-electron chi connectivity index (χ4n) is 3.23. The van der Waals surface area contributed by atoms with Gasteiger partial charge in [0, 0.05) is 36.6 Å². The standard InChI is InChI=1S/C22H26FN3O2/c1-15(2)14-24-22(28)19-13-18(9-10-20(19)26-11-3-4-12-26)25-21(27)16-5-7-17(23)8-6-16/h5-10,13,15H,3-4,11-12,14H2,1-2H3,(H,24,28)(H,25,27). The summed E-state index contributed by atoms with van der Waals surface area (Å²) in [5.41, 5.74) is 2.33. The van der Waals surface area contributed by atoms with Crippen LogP contribution in [0.2, 0.25) is 0 Å². The van der Waals surface area contributed by atoms with Crippen LogP contribution in [0.3, 0.4) is 0 Å². The predicted octanol–water partition coefficient (Wildman–Crippen LogP) is 4.06. The van der Waals surface area contributed by atoms with Gasteiger partial charge in [0.25, 0.3) is 11.8 Å². The van der Waals surface area contributed by atoms with Crippen molar-refractivity contribution in [2.75, 3.05) is 29.9 Å². The lowest BCUT2D eigenvalue weighted by Gasteiger charge is -2.22. The Balaban J connectivity index is 1.83. The van der Waals surface area contributed by atoms with Crippen LogP contribution in [-0.2, 0) is 0 Å². The molecule has 28 heavy (non-hydrogen) atoms. The fourth-order valence-corrected chi connectivity index (χ4v) is 3.23. The maximum Gasteiger partial charge on any atom is 0.255 e. The molecule has 1 heterocycles. The first kappa shape index (κ1) is 19.9. The summed E-state index contributed by atoms with van der Waals surface area (Å²) < 4.78 is 13.1. The van der Waals surface area contributed by atoms with Crippen LogP contribution in [-0.4, -0.2) is 31.4 Å². The number of hydrogen-bond acceptors (Lipinski definition) is 3. The van der Waals surface area contributed by atoms with E-state index in [-0.39, 0.29) is 11.8 Å². The lowest BCUT2D eigenvalue weighted by atomic mass is 10.1. The molecule has 0 unspecified atom stereocenters. The summed E-state index contributed by atoms with van der Waals surface area (Å²) in [5.74, 6) is -0.535. The van der Waals surface area contributed by atoms with Crippen LogP contribution in [0.5, 0.6) is 0 Å². The minimum atomic E-state index is -0.393. The summed E-state index contributed by atoms with van der Waals surface area (Å²) in [6.07, 6.45) is 2.21. The largest absolute Gasteiger partial charge is 0.371 e. The molecule has 3 rings (SSSR count). The van der Waals surface area contributed by atoms with Crippen molar-refractivity contribution in [2.24, 2.45) is 5.92 Å². The zero-order valence-corrected chi connectivity index (χ0v) is 16.3. The quantitative estimate of drug-likeness (QED) is 0.791. The highest BCUT2D eigenvalue weighted by Gasteiger charge is 2.20. The van der Waals surface area contributed by atoms with Gasteiger partial charge in [-0.05, 0) is 61.2 Å². The number of hydrogen-bond donors (Lipinski definition) is 2. The van der Waals surface area contributed by atoms with Crippen LogP contribution >= 0.6 is 0 Å². The number of halogens is 1. The van der Waals surface area contributed by atoms with Crippen LogP contribution in [0.25, 0.3) is 0 Å². The van der Waals surface area contributed by atoms with Gasteiger partial charge >= 0.3 is 0 Å². The van der Waals surface area contributed by atoms with Gasteiger partial charge in [-0.25, -0.2) is 4.39 Å². The number of amides is 2. The highest BCUT2D eigenvalue weighted by atomic mass is 19.1. The molecule has 0 aliphatic carbocycles. The normalized spacial score (nSPS) is 13.6. The molecule has 0 radical (unpaired) electrons. The average molecular weight is 383 g/mol. The molecule has 1 aliphatic rings. The Morgan fingerprint density at radius 1 is 1.04 bits per heavy atom. The number of anilines is 2. The molecule has 0 bridgehead atoms. The molecule has 2 aromatic rings. The molecular formula is C22H26FN3O2. The monoisotopic (exact) mass is 383 g/mol. The average Bonchev–Trinajstić information content (AvgIpc) is 3.21. The van der Waals surface area contributed by atoms with Crippen LogP contribution in [0, 0.1) is 11.7 Å². The second-order valence-corrected chi connectivity index (χ2v) is 7.49. The third-order valence-electron chi connectivity index (χ3n) is 4.72. The summed E-state index contributed by atoms with van der Waals surface area (Å²) in [6, 6.07) is 10.8. The Hall–Kier alpha value is -2.89. The van der Waals surface area contributed by atoms with Gasteiger partial charge in [0.05, 0.1) is 5.56 Å². The van der Waals surface area contributed by atoms with Crippen molar-refractivity contribution < 1.29 is 14.0 Å². The van der Waals surface area contributed by atoms with E-state index < -0.39 is 5.82 Å². The van der Waals surface area contributed by atoms with E-state index in [0.29, 0.717) is 29.3 Å². The van der Waals surface area contributed by atoms with Crippen molar-refractivity contribution in [1.29, 1.82) is 0 Å². The van der Waals surface area contributed by atoms with E-state index in [1.165, 1.54) is 24.3 Å². The van der Waals surface area contributed by atoms with E-state index in [4.69, 9.17) is 0 Å². The van der Waals surface area contributed by atoms with Gasteiger partial charge in [-0.1, -0.05) is 13.8 Å². The first-order valence-electron chi connectivity index (χ1n) is 9.68. The molecule has 0 spiro atoms. The number of rotatable bonds is 6. The summed E-state index contributed by atoms with van der Waals surface area (Å²) in [6.45, 7) is 6.52. The van der Waals surface area contributed by atoms with Crippen molar-refractivity contribution in [3.63, 3.8) is 0 Å². The lowest BCUT2D eigenvalue weighted by Crippen LogP contribution is -2.30. The molecule has 2 amide bonds. The molecule has 5 nitrogen and oxygen atoms in total. The minimum Gasteiger partial charge on any atom is -0.371 e. The summed E-state index contributed by atoms with van der Waals surface area (Å²) in [4.78, 5) is 27.4. The number of nitrogens with one attached hydrogen (secondary N) is 2. The van der Waals surface area contributed by atoms with Gasteiger partial charge in [0.15, 0.2) is 0 Å². The Bertz CT molecular complexity index is 843.